The number of rotatable bonds is 1. The zero-order chi connectivity index (χ0) is 11.0. The molecular weight excluding hydrogens is 220 g/mol. The molecule has 0 saturated carbocycles. The number of aliphatic hydroxyl groups is 1. The molecule has 0 radical (unpaired) electrons. The molecule has 0 saturated heterocycles. The van der Waals surface area contributed by atoms with Gasteiger partial charge in [0, 0.05) is 11.3 Å². The monoisotopic (exact) mass is 232 g/mol. The molecule has 1 aliphatic heterocycles. The molecule has 0 fully saturated rings. The molecule has 0 aliphatic carbocycles. The van der Waals surface area contributed by atoms with Crippen LogP contribution in [0.4, 0.5) is 0 Å². The lowest BCUT2D eigenvalue weighted by Crippen LogP contribution is -2.29. The molecule has 1 aliphatic rings. The number of para-hydroxylation sites is 1. The zero-order valence-corrected chi connectivity index (χ0v) is 9.48. The van der Waals surface area contributed by atoms with E-state index in [0.29, 0.717) is 6.42 Å². The van der Waals surface area contributed by atoms with Crippen molar-refractivity contribution in [1.29, 1.82) is 0 Å². The SMILES string of the molecule is O[C@H]1Cc2ccccc2O[C@@H]1c1cccs1. The zero-order valence-electron chi connectivity index (χ0n) is 8.67. The summed E-state index contributed by atoms with van der Waals surface area (Å²) in [5.74, 6) is 0.895. The summed E-state index contributed by atoms with van der Waals surface area (Å²) in [6, 6.07) is 11.9. The van der Waals surface area contributed by atoms with Crippen LogP contribution in [0.5, 0.6) is 5.75 Å². The third-order valence-corrected chi connectivity index (χ3v) is 3.76. The molecule has 16 heavy (non-hydrogen) atoms. The van der Waals surface area contributed by atoms with E-state index in [4.69, 9.17) is 4.74 Å². The van der Waals surface area contributed by atoms with Gasteiger partial charge in [0.2, 0.25) is 0 Å². The summed E-state index contributed by atoms with van der Waals surface area (Å²) in [6.07, 6.45) is 0.00194. The maximum atomic E-state index is 10.1. The average Bonchev–Trinajstić information content (AvgIpc) is 2.81. The van der Waals surface area contributed by atoms with Crippen molar-refractivity contribution >= 4 is 11.3 Å². The van der Waals surface area contributed by atoms with E-state index in [9.17, 15) is 5.11 Å². The molecule has 2 atom stereocenters. The van der Waals surface area contributed by atoms with Crippen LogP contribution < -0.4 is 4.74 Å². The Labute approximate surface area is 98.1 Å². The lowest BCUT2D eigenvalue weighted by atomic mass is 9.99. The minimum Gasteiger partial charge on any atom is -0.482 e. The molecule has 0 spiro atoms. The van der Waals surface area contributed by atoms with Crippen molar-refractivity contribution in [2.75, 3.05) is 0 Å². The van der Waals surface area contributed by atoms with Crippen LogP contribution in [0, 0.1) is 0 Å². The molecule has 0 unspecified atom stereocenters. The van der Waals surface area contributed by atoms with E-state index in [1.807, 2.05) is 41.8 Å². The van der Waals surface area contributed by atoms with Gasteiger partial charge in [-0.15, -0.1) is 11.3 Å². The second-order valence-electron chi connectivity index (χ2n) is 3.93. The molecule has 3 rings (SSSR count). The first kappa shape index (κ1) is 9.87. The van der Waals surface area contributed by atoms with Gasteiger partial charge >= 0.3 is 0 Å². The van der Waals surface area contributed by atoms with Crippen molar-refractivity contribution in [1.82, 2.24) is 0 Å². The van der Waals surface area contributed by atoms with Gasteiger partial charge in [0.05, 0.1) is 0 Å². The first-order valence-electron chi connectivity index (χ1n) is 5.30. The predicted octanol–water partition coefficient (Wildman–Crippen LogP) is 2.79. The van der Waals surface area contributed by atoms with E-state index in [1.54, 1.807) is 11.3 Å². The van der Waals surface area contributed by atoms with Crippen molar-refractivity contribution in [2.24, 2.45) is 0 Å². The molecule has 82 valence electrons. The summed E-state index contributed by atoms with van der Waals surface area (Å²) in [6.45, 7) is 0. The quantitative estimate of drug-likeness (QED) is 0.819. The maximum Gasteiger partial charge on any atom is 0.159 e. The largest absolute Gasteiger partial charge is 0.482 e. The van der Waals surface area contributed by atoms with Crippen LogP contribution in [0.2, 0.25) is 0 Å². The molecular formula is C13H12O2S. The van der Waals surface area contributed by atoms with Crippen molar-refractivity contribution in [2.45, 2.75) is 18.6 Å². The Morgan fingerprint density at radius 2 is 2.06 bits per heavy atom. The smallest absolute Gasteiger partial charge is 0.159 e. The van der Waals surface area contributed by atoms with E-state index in [-0.39, 0.29) is 6.10 Å². The van der Waals surface area contributed by atoms with Crippen LogP contribution in [0.1, 0.15) is 16.5 Å². The molecule has 1 aromatic carbocycles. The topological polar surface area (TPSA) is 29.5 Å². The number of hydrogen-bond donors (Lipinski definition) is 1. The summed E-state index contributed by atoms with van der Waals surface area (Å²) in [4.78, 5) is 1.09. The Hall–Kier alpha value is -1.32. The molecule has 2 heterocycles. The lowest BCUT2D eigenvalue weighted by molar-refractivity contribution is 0.0229. The molecule has 2 aromatic rings. The minimum absolute atomic E-state index is 0.213. The summed E-state index contributed by atoms with van der Waals surface area (Å²) in [7, 11) is 0. The Balaban J connectivity index is 1.95. The highest BCUT2D eigenvalue weighted by molar-refractivity contribution is 7.10. The second kappa shape index (κ2) is 3.92. The molecule has 1 N–H and O–H groups in total. The summed E-state index contributed by atoms with van der Waals surface area (Å²) in [5.41, 5.74) is 1.09. The van der Waals surface area contributed by atoms with E-state index in [1.165, 1.54) is 0 Å². The van der Waals surface area contributed by atoms with Crippen molar-refractivity contribution in [3.05, 3.63) is 52.2 Å². The van der Waals surface area contributed by atoms with E-state index in [2.05, 4.69) is 0 Å². The third kappa shape index (κ3) is 1.62. The van der Waals surface area contributed by atoms with Crippen LogP contribution >= 0.6 is 11.3 Å². The van der Waals surface area contributed by atoms with E-state index in [0.717, 1.165) is 16.2 Å². The van der Waals surface area contributed by atoms with Crippen molar-refractivity contribution < 1.29 is 9.84 Å². The van der Waals surface area contributed by atoms with Crippen LogP contribution in [0.15, 0.2) is 41.8 Å². The van der Waals surface area contributed by atoms with E-state index >= 15 is 0 Å². The summed E-state index contributed by atoms with van der Waals surface area (Å²) >= 11 is 1.62. The van der Waals surface area contributed by atoms with Gasteiger partial charge in [0.15, 0.2) is 6.10 Å². The number of aliphatic hydroxyl groups excluding tert-OH is 1. The highest BCUT2D eigenvalue weighted by Gasteiger charge is 2.29. The molecule has 1 aromatic heterocycles. The Kier molecular flexibility index (Phi) is 2.42. The normalized spacial score (nSPS) is 23.6. The molecule has 0 bridgehead atoms. The van der Waals surface area contributed by atoms with Crippen molar-refractivity contribution in [3.63, 3.8) is 0 Å². The maximum absolute atomic E-state index is 10.1. The third-order valence-electron chi connectivity index (χ3n) is 2.83. The molecule has 0 amide bonds. The fourth-order valence-corrected chi connectivity index (χ4v) is 2.85. The minimum atomic E-state index is -0.450. The van der Waals surface area contributed by atoms with Crippen LogP contribution in [0.25, 0.3) is 0 Å². The predicted molar refractivity (Wildman–Crippen MR) is 63.8 cm³/mol. The van der Waals surface area contributed by atoms with Crippen molar-refractivity contribution in [3.8, 4) is 5.75 Å². The highest BCUT2D eigenvalue weighted by Crippen LogP contribution is 2.36. The van der Waals surface area contributed by atoms with Gasteiger partial charge in [-0.2, -0.15) is 0 Å². The Morgan fingerprint density at radius 1 is 1.19 bits per heavy atom. The number of fused-ring (bicyclic) bond motifs is 1. The highest BCUT2D eigenvalue weighted by atomic mass is 32.1. The van der Waals surface area contributed by atoms with Gasteiger partial charge in [0.1, 0.15) is 11.9 Å². The Bertz CT molecular complexity index is 478. The van der Waals surface area contributed by atoms with Gasteiger partial charge in [-0.1, -0.05) is 24.3 Å². The summed E-state index contributed by atoms with van der Waals surface area (Å²) in [5, 5.41) is 12.1. The lowest BCUT2D eigenvalue weighted by Gasteiger charge is -2.29. The standard InChI is InChI=1S/C13H12O2S/c14-10-8-9-4-1-2-5-11(9)15-13(10)12-6-3-7-16-12/h1-7,10,13-14H,8H2/t10-,13-/m0/s1. The number of ether oxygens (including phenoxy) is 1. The van der Waals surface area contributed by atoms with Gasteiger partial charge in [-0.25, -0.2) is 0 Å². The number of hydrogen-bond acceptors (Lipinski definition) is 3. The first-order valence-corrected chi connectivity index (χ1v) is 6.18. The van der Waals surface area contributed by atoms with Gasteiger partial charge in [-0.05, 0) is 23.1 Å². The van der Waals surface area contributed by atoms with E-state index < -0.39 is 6.10 Å². The van der Waals surface area contributed by atoms with Gasteiger partial charge in [-0.3, -0.25) is 0 Å². The summed E-state index contributed by atoms with van der Waals surface area (Å²) < 4.78 is 5.85. The van der Waals surface area contributed by atoms with Gasteiger partial charge in [0.25, 0.3) is 0 Å². The van der Waals surface area contributed by atoms with Crippen LogP contribution in [-0.4, -0.2) is 11.2 Å². The Morgan fingerprint density at radius 3 is 2.88 bits per heavy atom. The first-order chi connectivity index (χ1) is 7.84. The fraction of sp³-hybridized carbons (Fsp3) is 0.231. The fourth-order valence-electron chi connectivity index (χ4n) is 2.04. The average molecular weight is 232 g/mol. The molecule has 3 heteroatoms. The second-order valence-corrected chi connectivity index (χ2v) is 4.91. The number of benzene rings is 1. The molecule has 2 nitrogen and oxygen atoms in total. The number of thiophene rings is 1. The van der Waals surface area contributed by atoms with Crippen LogP contribution in [0.3, 0.4) is 0 Å². The van der Waals surface area contributed by atoms with Gasteiger partial charge < -0.3 is 9.84 Å². The van der Waals surface area contributed by atoms with Crippen LogP contribution in [-0.2, 0) is 6.42 Å².